The van der Waals surface area contributed by atoms with E-state index in [2.05, 4.69) is 33.1 Å². The third kappa shape index (κ3) is 4.55. The molecule has 1 heterocycles. The minimum atomic E-state index is 0.0394. The van der Waals surface area contributed by atoms with Crippen LogP contribution in [0.1, 0.15) is 48.5 Å². The van der Waals surface area contributed by atoms with Gasteiger partial charge in [-0.25, -0.2) is 0 Å². The molecule has 0 spiro atoms. The molecule has 0 radical (unpaired) electrons. The number of nitrogens with zero attached hydrogens (tertiary/aromatic N) is 1. The Morgan fingerprint density at radius 2 is 2.10 bits per heavy atom. The Bertz CT molecular complexity index is 482. The van der Waals surface area contributed by atoms with Crippen LogP contribution in [-0.2, 0) is 0 Å². The maximum absolute atomic E-state index is 12.4. The number of nitrogens with one attached hydrogen (secondary N) is 1. The van der Waals surface area contributed by atoms with E-state index in [1.807, 2.05) is 25.1 Å². The molecule has 0 aliphatic carbocycles. The summed E-state index contributed by atoms with van der Waals surface area (Å²) in [6, 6.07) is 6.13. The van der Waals surface area contributed by atoms with Gasteiger partial charge in [-0.2, -0.15) is 0 Å². The lowest BCUT2D eigenvalue weighted by atomic mass is 10.0. The Kier molecular flexibility index (Phi) is 6.24. The molecule has 0 unspecified atom stereocenters. The lowest BCUT2D eigenvalue weighted by Gasteiger charge is -2.32. The molecule has 1 aromatic carbocycles. The van der Waals surface area contributed by atoms with Gasteiger partial charge in [0.05, 0.1) is 5.56 Å². The highest BCUT2D eigenvalue weighted by molar-refractivity contribution is 9.10. The van der Waals surface area contributed by atoms with Gasteiger partial charge in [0.2, 0.25) is 0 Å². The quantitative estimate of drug-likeness (QED) is 0.874. The molecular weight excluding hydrogens is 328 g/mol. The maximum Gasteiger partial charge on any atom is 0.252 e. The van der Waals surface area contributed by atoms with Gasteiger partial charge < -0.3 is 10.2 Å². The van der Waals surface area contributed by atoms with Crippen molar-refractivity contribution in [1.29, 1.82) is 0 Å². The van der Waals surface area contributed by atoms with Crippen molar-refractivity contribution >= 4 is 21.8 Å². The predicted molar refractivity (Wildman–Crippen MR) is 90.7 cm³/mol. The second-order valence-corrected chi connectivity index (χ2v) is 6.67. The van der Waals surface area contributed by atoms with Crippen LogP contribution in [0, 0.1) is 6.92 Å². The predicted octanol–water partition coefficient (Wildman–Crippen LogP) is 3.75. The van der Waals surface area contributed by atoms with Gasteiger partial charge in [-0.3, -0.25) is 4.79 Å². The van der Waals surface area contributed by atoms with Crippen LogP contribution in [0.2, 0.25) is 0 Å². The normalized spacial score (nSPS) is 16.9. The van der Waals surface area contributed by atoms with E-state index in [1.54, 1.807) is 0 Å². The Balaban J connectivity index is 1.86. The topological polar surface area (TPSA) is 32.3 Å². The molecule has 0 atom stereocenters. The SMILES string of the molecule is CCCCN1CCC(NC(=O)c2cccc(C)c2Br)CC1. The average molecular weight is 353 g/mol. The van der Waals surface area contributed by atoms with Gasteiger partial charge in [-0.1, -0.05) is 25.5 Å². The number of amides is 1. The van der Waals surface area contributed by atoms with Gasteiger partial charge in [0.15, 0.2) is 0 Å². The van der Waals surface area contributed by atoms with E-state index >= 15 is 0 Å². The molecular formula is C17H25BrN2O. The van der Waals surface area contributed by atoms with Crippen molar-refractivity contribution in [2.45, 2.75) is 45.6 Å². The van der Waals surface area contributed by atoms with E-state index in [4.69, 9.17) is 0 Å². The van der Waals surface area contributed by atoms with Crippen molar-refractivity contribution in [3.8, 4) is 0 Å². The zero-order valence-electron chi connectivity index (χ0n) is 13.0. The number of unbranched alkanes of at least 4 members (excludes halogenated alkanes) is 1. The van der Waals surface area contributed by atoms with Gasteiger partial charge in [-0.05, 0) is 60.3 Å². The number of halogens is 1. The number of hydrogen-bond acceptors (Lipinski definition) is 2. The molecule has 1 amide bonds. The highest BCUT2D eigenvalue weighted by Crippen LogP contribution is 2.21. The molecule has 1 aliphatic rings. The number of benzene rings is 1. The summed E-state index contributed by atoms with van der Waals surface area (Å²) in [5.41, 5.74) is 1.83. The van der Waals surface area contributed by atoms with Crippen LogP contribution >= 0.6 is 15.9 Å². The Hall–Kier alpha value is -0.870. The van der Waals surface area contributed by atoms with Crippen molar-refractivity contribution in [3.63, 3.8) is 0 Å². The molecule has 1 fully saturated rings. The van der Waals surface area contributed by atoms with Crippen LogP contribution in [0.5, 0.6) is 0 Å². The van der Waals surface area contributed by atoms with Gasteiger partial charge in [0.25, 0.3) is 5.91 Å². The first-order valence-corrected chi connectivity index (χ1v) is 8.69. The average Bonchev–Trinajstić information content (AvgIpc) is 2.49. The summed E-state index contributed by atoms with van der Waals surface area (Å²) in [5.74, 6) is 0.0394. The van der Waals surface area contributed by atoms with E-state index in [0.717, 1.165) is 41.5 Å². The highest BCUT2D eigenvalue weighted by Gasteiger charge is 2.21. The molecule has 2 rings (SSSR count). The van der Waals surface area contributed by atoms with Gasteiger partial charge in [-0.15, -0.1) is 0 Å². The fourth-order valence-electron chi connectivity index (χ4n) is 2.77. The zero-order valence-corrected chi connectivity index (χ0v) is 14.6. The first kappa shape index (κ1) is 16.5. The van der Waals surface area contributed by atoms with Gasteiger partial charge >= 0.3 is 0 Å². The minimum Gasteiger partial charge on any atom is -0.349 e. The Morgan fingerprint density at radius 1 is 1.38 bits per heavy atom. The van der Waals surface area contributed by atoms with Crippen LogP contribution < -0.4 is 5.32 Å². The molecule has 0 aromatic heterocycles. The van der Waals surface area contributed by atoms with E-state index < -0.39 is 0 Å². The summed E-state index contributed by atoms with van der Waals surface area (Å²) in [6.45, 7) is 7.63. The first-order chi connectivity index (χ1) is 10.1. The van der Waals surface area contributed by atoms with E-state index in [0.29, 0.717) is 6.04 Å². The summed E-state index contributed by atoms with van der Waals surface area (Å²) in [7, 11) is 0. The monoisotopic (exact) mass is 352 g/mol. The van der Waals surface area contributed by atoms with E-state index in [-0.39, 0.29) is 5.91 Å². The van der Waals surface area contributed by atoms with Crippen LogP contribution in [-0.4, -0.2) is 36.5 Å². The zero-order chi connectivity index (χ0) is 15.2. The van der Waals surface area contributed by atoms with Gasteiger partial charge in [0, 0.05) is 23.6 Å². The molecule has 3 nitrogen and oxygen atoms in total. The molecule has 21 heavy (non-hydrogen) atoms. The van der Waals surface area contributed by atoms with Crippen LogP contribution in [0.15, 0.2) is 22.7 Å². The second kappa shape index (κ2) is 7.95. The minimum absolute atomic E-state index is 0.0394. The molecule has 4 heteroatoms. The third-order valence-electron chi connectivity index (χ3n) is 4.19. The smallest absolute Gasteiger partial charge is 0.252 e. The fraction of sp³-hybridized carbons (Fsp3) is 0.588. The Morgan fingerprint density at radius 3 is 2.76 bits per heavy atom. The van der Waals surface area contributed by atoms with E-state index in [1.165, 1.54) is 19.4 Å². The van der Waals surface area contributed by atoms with Crippen molar-refractivity contribution in [2.75, 3.05) is 19.6 Å². The summed E-state index contributed by atoms with van der Waals surface area (Å²) in [6.07, 6.45) is 4.63. The number of aryl methyl sites for hydroxylation is 1. The number of carbonyl (C=O) groups is 1. The lowest BCUT2D eigenvalue weighted by molar-refractivity contribution is 0.0910. The third-order valence-corrected chi connectivity index (χ3v) is 5.24. The lowest BCUT2D eigenvalue weighted by Crippen LogP contribution is -2.44. The highest BCUT2D eigenvalue weighted by atomic mass is 79.9. The molecule has 116 valence electrons. The van der Waals surface area contributed by atoms with Crippen LogP contribution in [0.25, 0.3) is 0 Å². The standard InChI is InChI=1S/C17H25BrN2O/c1-3-4-10-20-11-8-14(9-12-20)19-17(21)15-7-5-6-13(2)16(15)18/h5-7,14H,3-4,8-12H2,1-2H3,(H,19,21). The molecule has 1 saturated heterocycles. The molecule has 0 saturated carbocycles. The maximum atomic E-state index is 12.4. The van der Waals surface area contributed by atoms with E-state index in [9.17, 15) is 4.79 Å². The summed E-state index contributed by atoms with van der Waals surface area (Å²) < 4.78 is 0.905. The number of piperidine rings is 1. The molecule has 0 bridgehead atoms. The molecule has 1 aromatic rings. The second-order valence-electron chi connectivity index (χ2n) is 5.88. The Labute approximate surface area is 136 Å². The van der Waals surface area contributed by atoms with Crippen molar-refractivity contribution in [1.82, 2.24) is 10.2 Å². The van der Waals surface area contributed by atoms with Crippen molar-refractivity contribution in [2.24, 2.45) is 0 Å². The number of rotatable bonds is 5. The summed E-state index contributed by atoms with van der Waals surface area (Å²) >= 11 is 3.51. The number of hydrogen-bond donors (Lipinski definition) is 1. The van der Waals surface area contributed by atoms with Crippen LogP contribution in [0.4, 0.5) is 0 Å². The summed E-state index contributed by atoms with van der Waals surface area (Å²) in [5, 5.41) is 3.18. The van der Waals surface area contributed by atoms with Gasteiger partial charge in [0.1, 0.15) is 0 Å². The number of likely N-dealkylation sites (tertiary alicyclic amines) is 1. The first-order valence-electron chi connectivity index (χ1n) is 7.90. The fourth-order valence-corrected chi connectivity index (χ4v) is 3.21. The molecule has 1 aliphatic heterocycles. The largest absolute Gasteiger partial charge is 0.349 e. The summed E-state index contributed by atoms with van der Waals surface area (Å²) in [4.78, 5) is 14.9. The number of carbonyl (C=O) groups excluding carboxylic acids is 1. The van der Waals surface area contributed by atoms with Crippen molar-refractivity contribution < 1.29 is 4.79 Å². The van der Waals surface area contributed by atoms with Crippen molar-refractivity contribution in [3.05, 3.63) is 33.8 Å². The molecule has 1 N–H and O–H groups in total. The van der Waals surface area contributed by atoms with Crippen LogP contribution in [0.3, 0.4) is 0 Å².